The Morgan fingerprint density at radius 3 is 2.87 bits per heavy atom. The molecule has 2 amide bonds. The SMILES string of the molecule is Cc1ccc(NC(=O)[C@@H]2CC(=O)N(c3cccc(Cl)c3)C2)nc1. The summed E-state index contributed by atoms with van der Waals surface area (Å²) in [6, 6.07) is 10.7. The molecule has 1 aromatic carbocycles. The van der Waals surface area contributed by atoms with Crippen molar-refractivity contribution >= 4 is 34.9 Å². The molecule has 1 saturated heterocycles. The maximum atomic E-state index is 12.3. The average Bonchev–Trinajstić information content (AvgIpc) is 2.92. The molecule has 0 unspecified atom stereocenters. The second-order valence-corrected chi connectivity index (χ2v) is 6.03. The van der Waals surface area contributed by atoms with Crippen LogP contribution in [0.2, 0.25) is 5.02 Å². The lowest BCUT2D eigenvalue weighted by atomic mass is 10.1. The number of hydrogen-bond acceptors (Lipinski definition) is 3. The Kier molecular flexibility index (Phi) is 4.30. The molecule has 1 aliphatic rings. The number of halogens is 1. The summed E-state index contributed by atoms with van der Waals surface area (Å²) in [6.45, 7) is 2.27. The first kappa shape index (κ1) is 15.5. The number of aryl methyl sites for hydroxylation is 1. The molecular formula is C17H16ClN3O2. The van der Waals surface area contributed by atoms with E-state index in [1.54, 1.807) is 35.4 Å². The van der Waals surface area contributed by atoms with Gasteiger partial charge in [-0.05, 0) is 36.8 Å². The van der Waals surface area contributed by atoms with E-state index in [2.05, 4.69) is 10.3 Å². The van der Waals surface area contributed by atoms with Crippen molar-refractivity contribution in [2.45, 2.75) is 13.3 Å². The van der Waals surface area contributed by atoms with Crippen LogP contribution in [0.5, 0.6) is 0 Å². The molecule has 0 spiro atoms. The lowest BCUT2D eigenvalue weighted by Gasteiger charge is -2.16. The van der Waals surface area contributed by atoms with Gasteiger partial charge in [0.05, 0.1) is 5.92 Å². The minimum Gasteiger partial charge on any atom is -0.312 e. The van der Waals surface area contributed by atoms with E-state index < -0.39 is 5.92 Å². The number of rotatable bonds is 3. The Bertz CT molecular complexity index is 746. The van der Waals surface area contributed by atoms with Gasteiger partial charge in [-0.1, -0.05) is 23.7 Å². The van der Waals surface area contributed by atoms with Gasteiger partial charge in [0.1, 0.15) is 5.82 Å². The van der Waals surface area contributed by atoms with Gasteiger partial charge in [-0.2, -0.15) is 0 Å². The van der Waals surface area contributed by atoms with Crippen LogP contribution >= 0.6 is 11.6 Å². The van der Waals surface area contributed by atoms with Crippen LogP contribution in [-0.4, -0.2) is 23.3 Å². The number of nitrogens with zero attached hydrogens (tertiary/aromatic N) is 2. The monoisotopic (exact) mass is 329 g/mol. The van der Waals surface area contributed by atoms with Crippen molar-refractivity contribution in [3.8, 4) is 0 Å². The molecule has 2 heterocycles. The lowest BCUT2D eigenvalue weighted by Crippen LogP contribution is -2.28. The van der Waals surface area contributed by atoms with Gasteiger partial charge in [0, 0.05) is 29.9 Å². The summed E-state index contributed by atoms with van der Waals surface area (Å²) < 4.78 is 0. The predicted octanol–water partition coefficient (Wildman–Crippen LogP) is 3.04. The normalized spacial score (nSPS) is 17.4. The van der Waals surface area contributed by atoms with Crippen molar-refractivity contribution < 1.29 is 9.59 Å². The van der Waals surface area contributed by atoms with Crippen LogP contribution in [0.25, 0.3) is 0 Å². The van der Waals surface area contributed by atoms with Gasteiger partial charge in [-0.15, -0.1) is 0 Å². The zero-order chi connectivity index (χ0) is 16.4. The van der Waals surface area contributed by atoms with Crippen molar-refractivity contribution in [3.05, 3.63) is 53.2 Å². The molecule has 5 nitrogen and oxygen atoms in total. The molecule has 0 saturated carbocycles. The highest BCUT2D eigenvalue weighted by Gasteiger charge is 2.35. The topological polar surface area (TPSA) is 62.3 Å². The molecule has 3 rings (SSSR count). The first-order valence-electron chi connectivity index (χ1n) is 7.32. The highest BCUT2D eigenvalue weighted by molar-refractivity contribution is 6.31. The number of nitrogens with one attached hydrogen (secondary N) is 1. The molecular weight excluding hydrogens is 314 g/mol. The van der Waals surface area contributed by atoms with Crippen molar-refractivity contribution in [2.75, 3.05) is 16.8 Å². The highest BCUT2D eigenvalue weighted by Crippen LogP contribution is 2.27. The number of aromatic nitrogens is 1. The number of benzene rings is 1. The van der Waals surface area contributed by atoms with E-state index in [1.165, 1.54) is 0 Å². The van der Waals surface area contributed by atoms with E-state index in [4.69, 9.17) is 11.6 Å². The standard InChI is InChI=1S/C17H16ClN3O2/c1-11-5-6-15(19-9-11)20-17(23)12-7-16(22)21(10-12)14-4-2-3-13(18)8-14/h2-6,8-9,12H,7,10H2,1H3,(H,19,20,23)/t12-/m1/s1. The van der Waals surface area contributed by atoms with E-state index in [9.17, 15) is 9.59 Å². The summed E-state index contributed by atoms with van der Waals surface area (Å²) in [7, 11) is 0. The van der Waals surface area contributed by atoms with Crippen LogP contribution in [0.15, 0.2) is 42.6 Å². The molecule has 0 bridgehead atoms. The first-order valence-corrected chi connectivity index (χ1v) is 7.70. The van der Waals surface area contributed by atoms with E-state index in [-0.39, 0.29) is 18.2 Å². The van der Waals surface area contributed by atoms with Crippen LogP contribution in [0.4, 0.5) is 11.5 Å². The Labute approximate surface area is 139 Å². The van der Waals surface area contributed by atoms with Crippen LogP contribution in [0.3, 0.4) is 0 Å². The van der Waals surface area contributed by atoms with Crippen molar-refractivity contribution in [1.29, 1.82) is 0 Å². The molecule has 1 aromatic heterocycles. The number of anilines is 2. The highest BCUT2D eigenvalue weighted by atomic mass is 35.5. The molecule has 1 fully saturated rings. The Morgan fingerprint density at radius 1 is 1.35 bits per heavy atom. The smallest absolute Gasteiger partial charge is 0.230 e. The van der Waals surface area contributed by atoms with Crippen molar-refractivity contribution in [1.82, 2.24) is 4.98 Å². The maximum absolute atomic E-state index is 12.3. The van der Waals surface area contributed by atoms with E-state index in [1.807, 2.05) is 19.1 Å². The number of carbonyl (C=O) groups is 2. The number of pyridine rings is 1. The zero-order valence-corrected chi connectivity index (χ0v) is 13.4. The second kappa shape index (κ2) is 6.38. The van der Waals surface area contributed by atoms with Gasteiger partial charge in [0.2, 0.25) is 11.8 Å². The summed E-state index contributed by atoms with van der Waals surface area (Å²) >= 11 is 5.96. The molecule has 6 heteroatoms. The van der Waals surface area contributed by atoms with Gasteiger partial charge in [-0.25, -0.2) is 4.98 Å². The molecule has 0 radical (unpaired) electrons. The molecule has 1 aliphatic heterocycles. The third-order valence-corrected chi connectivity index (χ3v) is 4.01. The predicted molar refractivity (Wildman–Crippen MR) is 89.5 cm³/mol. The molecule has 118 valence electrons. The second-order valence-electron chi connectivity index (χ2n) is 5.60. The quantitative estimate of drug-likeness (QED) is 0.941. The summed E-state index contributed by atoms with van der Waals surface area (Å²) in [5.41, 5.74) is 1.73. The lowest BCUT2D eigenvalue weighted by molar-refractivity contribution is -0.122. The van der Waals surface area contributed by atoms with Gasteiger partial charge >= 0.3 is 0 Å². The largest absolute Gasteiger partial charge is 0.312 e. The minimum absolute atomic E-state index is 0.0794. The minimum atomic E-state index is -0.399. The Morgan fingerprint density at radius 2 is 2.17 bits per heavy atom. The molecule has 2 aromatic rings. The summed E-state index contributed by atoms with van der Waals surface area (Å²) in [4.78, 5) is 30.3. The molecule has 23 heavy (non-hydrogen) atoms. The number of carbonyl (C=O) groups excluding carboxylic acids is 2. The summed E-state index contributed by atoms with van der Waals surface area (Å²) in [5, 5.41) is 3.32. The number of hydrogen-bond donors (Lipinski definition) is 1. The van der Waals surface area contributed by atoms with Crippen LogP contribution in [0.1, 0.15) is 12.0 Å². The molecule has 1 atom stereocenters. The van der Waals surface area contributed by atoms with Crippen LogP contribution < -0.4 is 10.2 Å². The molecule has 1 N–H and O–H groups in total. The van der Waals surface area contributed by atoms with E-state index >= 15 is 0 Å². The van der Waals surface area contributed by atoms with E-state index in [0.29, 0.717) is 23.1 Å². The van der Waals surface area contributed by atoms with Gasteiger partial charge < -0.3 is 10.2 Å². The Balaban J connectivity index is 1.69. The van der Waals surface area contributed by atoms with Crippen LogP contribution in [0, 0.1) is 12.8 Å². The third kappa shape index (κ3) is 3.51. The first-order chi connectivity index (χ1) is 11.0. The fourth-order valence-electron chi connectivity index (χ4n) is 2.55. The number of amides is 2. The van der Waals surface area contributed by atoms with Crippen molar-refractivity contribution in [3.63, 3.8) is 0 Å². The summed E-state index contributed by atoms with van der Waals surface area (Å²) in [6.07, 6.45) is 1.87. The fourth-order valence-corrected chi connectivity index (χ4v) is 2.73. The zero-order valence-electron chi connectivity index (χ0n) is 12.6. The van der Waals surface area contributed by atoms with Crippen LogP contribution in [-0.2, 0) is 9.59 Å². The fraction of sp³-hybridized carbons (Fsp3) is 0.235. The Hall–Kier alpha value is -2.40. The van der Waals surface area contributed by atoms with Gasteiger partial charge in [0.25, 0.3) is 0 Å². The maximum Gasteiger partial charge on any atom is 0.230 e. The molecule has 0 aliphatic carbocycles. The average molecular weight is 330 g/mol. The summed E-state index contributed by atoms with van der Waals surface area (Å²) in [5.74, 6) is -0.178. The van der Waals surface area contributed by atoms with Crippen molar-refractivity contribution in [2.24, 2.45) is 5.92 Å². The van der Waals surface area contributed by atoms with Gasteiger partial charge in [0.15, 0.2) is 0 Å². The van der Waals surface area contributed by atoms with E-state index in [0.717, 1.165) is 5.56 Å². The van der Waals surface area contributed by atoms with Gasteiger partial charge in [-0.3, -0.25) is 9.59 Å². The third-order valence-electron chi connectivity index (χ3n) is 3.78.